The van der Waals surface area contributed by atoms with Crippen LogP contribution in [0.1, 0.15) is 0 Å². The third-order valence-electron chi connectivity index (χ3n) is 6.37. The summed E-state index contributed by atoms with van der Waals surface area (Å²) >= 11 is 0. The molecule has 0 spiro atoms. The highest BCUT2D eigenvalue weighted by atomic mass is 16.3. The predicted octanol–water partition coefficient (Wildman–Crippen LogP) is 6.92. The van der Waals surface area contributed by atoms with E-state index in [1.165, 1.54) is 0 Å². The van der Waals surface area contributed by atoms with Gasteiger partial charge in [0.1, 0.15) is 5.75 Å². The third kappa shape index (κ3) is 3.25. The summed E-state index contributed by atoms with van der Waals surface area (Å²) in [6.45, 7) is 0. The lowest BCUT2D eigenvalue weighted by molar-refractivity contribution is 0.476. The predicted molar refractivity (Wildman–Crippen MR) is 140 cm³/mol. The number of phenols is 1. The van der Waals surface area contributed by atoms with E-state index in [4.69, 9.17) is 9.97 Å². The summed E-state index contributed by atoms with van der Waals surface area (Å²) < 4.78 is 0. The summed E-state index contributed by atoms with van der Waals surface area (Å²) in [6, 6.07) is 29.7. The smallest absolute Gasteiger partial charge is 0.116 e. The Kier molecular flexibility index (Phi) is 4.23. The van der Waals surface area contributed by atoms with Gasteiger partial charge in [0.15, 0.2) is 0 Å². The molecule has 5 nitrogen and oxygen atoms in total. The Morgan fingerprint density at radius 2 is 0.886 bits per heavy atom. The monoisotopic (exact) mass is 450 g/mol. The Hall–Kier alpha value is -4.90. The zero-order chi connectivity index (χ0) is 23.4. The molecule has 164 valence electrons. The van der Waals surface area contributed by atoms with Crippen LogP contribution in [-0.2, 0) is 0 Å². The van der Waals surface area contributed by atoms with Crippen LogP contribution in [-0.4, -0.2) is 25.0 Å². The Morgan fingerprint density at radius 1 is 0.457 bits per heavy atom. The van der Waals surface area contributed by atoms with Gasteiger partial charge >= 0.3 is 0 Å². The van der Waals surface area contributed by atoms with E-state index in [9.17, 15) is 5.11 Å². The molecule has 0 aliphatic rings. The van der Waals surface area contributed by atoms with Crippen LogP contribution in [0.4, 0.5) is 0 Å². The number of pyridine rings is 4. The van der Waals surface area contributed by atoms with Gasteiger partial charge in [0.25, 0.3) is 0 Å². The van der Waals surface area contributed by atoms with Crippen LogP contribution in [0.5, 0.6) is 5.75 Å². The molecule has 0 unspecified atom stereocenters. The number of benzene rings is 3. The van der Waals surface area contributed by atoms with Gasteiger partial charge in [-0.05, 0) is 42.5 Å². The molecule has 1 N–H and O–H groups in total. The number of rotatable bonds is 2. The first-order valence-electron chi connectivity index (χ1n) is 11.4. The van der Waals surface area contributed by atoms with Crippen molar-refractivity contribution in [3.8, 4) is 28.3 Å². The Morgan fingerprint density at radius 3 is 1.37 bits per heavy atom. The molecule has 0 amide bonds. The molecule has 0 fully saturated rings. The first kappa shape index (κ1) is 19.6. The van der Waals surface area contributed by atoms with Crippen LogP contribution < -0.4 is 0 Å². The van der Waals surface area contributed by atoms with Crippen molar-refractivity contribution < 1.29 is 5.11 Å². The molecule has 0 radical (unpaired) electrons. The zero-order valence-corrected chi connectivity index (χ0v) is 18.6. The maximum Gasteiger partial charge on any atom is 0.116 e. The average Bonchev–Trinajstić information content (AvgIpc) is 2.92. The number of aromatic nitrogens is 4. The quantitative estimate of drug-likeness (QED) is 0.290. The van der Waals surface area contributed by atoms with Crippen LogP contribution in [0.25, 0.3) is 66.1 Å². The van der Waals surface area contributed by atoms with E-state index in [1.807, 2.05) is 54.6 Å². The zero-order valence-electron chi connectivity index (χ0n) is 18.6. The lowest BCUT2D eigenvalue weighted by Crippen LogP contribution is -1.91. The number of fused-ring (bicyclic) bond motifs is 6. The molecule has 3 aromatic carbocycles. The molecule has 0 atom stereocenters. The number of hydrogen-bond donors (Lipinski definition) is 1. The molecule has 7 aromatic rings. The van der Waals surface area contributed by atoms with Crippen molar-refractivity contribution in [2.24, 2.45) is 0 Å². The highest BCUT2D eigenvalue weighted by Gasteiger charge is 2.11. The minimum atomic E-state index is 0.161. The van der Waals surface area contributed by atoms with E-state index in [0.29, 0.717) is 0 Å². The first-order chi connectivity index (χ1) is 17.2. The van der Waals surface area contributed by atoms with Gasteiger partial charge in [-0.1, -0.05) is 48.5 Å². The lowest BCUT2D eigenvalue weighted by Gasteiger charge is -2.10. The van der Waals surface area contributed by atoms with Crippen LogP contribution in [0, 0.1) is 0 Å². The summed E-state index contributed by atoms with van der Waals surface area (Å²) in [5, 5.41) is 14.7. The molecule has 4 heterocycles. The minimum absolute atomic E-state index is 0.161. The highest BCUT2D eigenvalue weighted by molar-refractivity contribution is 6.04. The fourth-order valence-electron chi connectivity index (χ4n) is 4.68. The Bertz CT molecular complexity index is 1790. The maximum absolute atomic E-state index is 10.6. The molecular weight excluding hydrogens is 432 g/mol. The van der Waals surface area contributed by atoms with Gasteiger partial charge in [-0.3, -0.25) is 9.97 Å². The number of hydrogen-bond acceptors (Lipinski definition) is 5. The number of nitrogens with zero attached hydrogens (tertiary/aromatic N) is 4. The third-order valence-corrected chi connectivity index (χ3v) is 6.37. The van der Waals surface area contributed by atoms with E-state index < -0.39 is 0 Å². The van der Waals surface area contributed by atoms with Gasteiger partial charge in [0.2, 0.25) is 0 Å². The summed E-state index contributed by atoms with van der Waals surface area (Å²) in [5.74, 6) is 0.161. The minimum Gasteiger partial charge on any atom is -0.508 e. The summed E-state index contributed by atoms with van der Waals surface area (Å²) in [5.41, 5.74) is 6.56. The van der Waals surface area contributed by atoms with Crippen LogP contribution in [0.15, 0.2) is 103 Å². The Labute approximate surface area is 200 Å². The van der Waals surface area contributed by atoms with Gasteiger partial charge in [-0.25, -0.2) is 9.97 Å². The van der Waals surface area contributed by atoms with Gasteiger partial charge < -0.3 is 5.11 Å². The average molecular weight is 451 g/mol. The second-order valence-corrected chi connectivity index (χ2v) is 8.59. The SMILES string of the molecule is Oc1cc(-c2ccc3ccc4cccnc4c3n2)cc(-c2ccc3ccc4cccnc4c3n2)c1. The standard InChI is InChI=1S/C30H18N4O/c35-24-16-22(25-11-9-20-7-5-18-3-1-13-31-27(18)29(20)33-25)15-23(17-24)26-12-10-21-8-6-19-4-2-14-32-28(19)30(21)34-26/h1-17,35H. The normalized spacial score (nSPS) is 11.5. The van der Waals surface area contributed by atoms with E-state index >= 15 is 0 Å². The lowest BCUT2D eigenvalue weighted by atomic mass is 10.0. The van der Waals surface area contributed by atoms with Crippen LogP contribution in [0.2, 0.25) is 0 Å². The highest BCUT2D eigenvalue weighted by Crippen LogP contribution is 2.33. The topological polar surface area (TPSA) is 71.8 Å². The molecule has 7 rings (SSSR count). The second kappa shape index (κ2) is 7.57. The molecule has 0 aliphatic heterocycles. The van der Waals surface area contributed by atoms with Crippen LogP contribution >= 0.6 is 0 Å². The van der Waals surface area contributed by atoms with Crippen molar-refractivity contribution in [1.29, 1.82) is 0 Å². The molecule has 35 heavy (non-hydrogen) atoms. The summed E-state index contributed by atoms with van der Waals surface area (Å²) in [4.78, 5) is 19.0. The van der Waals surface area contributed by atoms with E-state index in [1.54, 1.807) is 24.5 Å². The van der Waals surface area contributed by atoms with Crippen molar-refractivity contribution >= 4 is 43.6 Å². The molecule has 0 saturated carbocycles. The molecule has 5 heteroatoms. The summed E-state index contributed by atoms with van der Waals surface area (Å²) in [7, 11) is 0. The van der Waals surface area contributed by atoms with Crippen molar-refractivity contribution in [2.45, 2.75) is 0 Å². The molecule has 0 saturated heterocycles. The molecular formula is C30H18N4O. The molecule has 0 bridgehead atoms. The Balaban J connectivity index is 1.40. The number of aromatic hydroxyl groups is 1. The van der Waals surface area contributed by atoms with Crippen molar-refractivity contribution in [2.75, 3.05) is 0 Å². The first-order valence-corrected chi connectivity index (χ1v) is 11.4. The summed E-state index contributed by atoms with van der Waals surface area (Å²) in [6.07, 6.45) is 3.57. The van der Waals surface area contributed by atoms with Gasteiger partial charge in [-0.2, -0.15) is 0 Å². The molecule has 4 aromatic heterocycles. The van der Waals surface area contributed by atoms with Crippen molar-refractivity contribution in [3.05, 3.63) is 103 Å². The van der Waals surface area contributed by atoms with Gasteiger partial charge in [-0.15, -0.1) is 0 Å². The van der Waals surface area contributed by atoms with E-state index in [0.717, 1.165) is 66.1 Å². The largest absolute Gasteiger partial charge is 0.508 e. The fraction of sp³-hybridized carbons (Fsp3) is 0. The van der Waals surface area contributed by atoms with E-state index in [-0.39, 0.29) is 5.75 Å². The number of phenolic OH excluding ortho intramolecular Hbond substituents is 1. The fourth-order valence-corrected chi connectivity index (χ4v) is 4.68. The van der Waals surface area contributed by atoms with E-state index in [2.05, 4.69) is 34.2 Å². The van der Waals surface area contributed by atoms with Gasteiger partial charge in [0.05, 0.1) is 33.5 Å². The van der Waals surface area contributed by atoms with Gasteiger partial charge in [0, 0.05) is 45.1 Å². The molecule has 0 aliphatic carbocycles. The maximum atomic E-state index is 10.6. The van der Waals surface area contributed by atoms with Crippen molar-refractivity contribution in [3.63, 3.8) is 0 Å². The van der Waals surface area contributed by atoms with Crippen molar-refractivity contribution in [1.82, 2.24) is 19.9 Å². The second-order valence-electron chi connectivity index (χ2n) is 8.59. The van der Waals surface area contributed by atoms with Crippen LogP contribution in [0.3, 0.4) is 0 Å².